The molecule has 3 nitrogen and oxygen atoms in total. The van der Waals surface area contributed by atoms with Crippen molar-refractivity contribution in [3.8, 4) is 0 Å². The topological polar surface area (TPSA) is 32.3 Å². The highest BCUT2D eigenvalue weighted by Gasteiger charge is 2.33. The van der Waals surface area contributed by atoms with Gasteiger partial charge >= 0.3 is 0 Å². The van der Waals surface area contributed by atoms with E-state index in [1.165, 1.54) is 32.1 Å². The Morgan fingerprint density at radius 1 is 1.31 bits per heavy atom. The van der Waals surface area contributed by atoms with E-state index in [0.717, 1.165) is 25.9 Å². The minimum absolute atomic E-state index is 0.376. The van der Waals surface area contributed by atoms with Gasteiger partial charge in [0.2, 0.25) is 5.91 Å². The molecule has 92 valence electrons. The van der Waals surface area contributed by atoms with Crippen molar-refractivity contribution in [3.63, 3.8) is 0 Å². The Balaban J connectivity index is 1.98. The van der Waals surface area contributed by atoms with Crippen LogP contribution in [0.1, 0.15) is 51.9 Å². The molecule has 2 atom stereocenters. The SMILES string of the molecule is CCCC(=O)N1CCCCC1C1CCCN1. The Kier molecular flexibility index (Phi) is 4.22. The third kappa shape index (κ3) is 2.57. The monoisotopic (exact) mass is 224 g/mol. The van der Waals surface area contributed by atoms with E-state index in [9.17, 15) is 4.79 Å². The van der Waals surface area contributed by atoms with Crippen LogP contribution in [0.25, 0.3) is 0 Å². The third-order valence-electron chi connectivity index (χ3n) is 3.90. The second kappa shape index (κ2) is 5.67. The Morgan fingerprint density at radius 3 is 2.88 bits per heavy atom. The first-order valence-corrected chi connectivity index (χ1v) is 6.85. The van der Waals surface area contributed by atoms with Gasteiger partial charge in [-0.2, -0.15) is 0 Å². The van der Waals surface area contributed by atoms with Gasteiger partial charge in [0.1, 0.15) is 0 Å². The van der Waals surface area contributed by atoms with Crippen LogP contribution in [-0.4, -0.2) is 36.0 Å². The van der Waals surface area contributed by atoms with E-state index in [2.05, 4.69) is 17.1 Å². The summed E-state index contributed by atoms with van der Waals surface area (Å²) in [7, 11) is 0. The molecular weight excluding hydrogens is 200 g/mol. The summed E-state index contributed by atoms with van der Waals surface area (Å²) in [6.07, 6.45) is 7.91. The lowest BCUT2D eigenvalue weighted by Crippen LogP contribution is -2.52. The van der Waals surface area contributed by atoms with Crippen molar-refractivity contribution in [2.24, 2.45) is 0 Å². The summed E-state index contributed by atoms with van der Waals surface area (Å²) in [5.74, 6) is 0.376. The van der Waals surface area contributed by atoms with Gasteiger partial charge in [-0.1, -0.05) is 6.92 Å². The second-order valence-corrected chi connectivity index (χ2v) is 5.10. The number of amides is 1. The van der Waals surface area contributed by atoms with Gasteiger partial charge in [0.15, 0.2) is 0 Å². The zero-order chi connectivity index (χ0) is 11.4. The van der Waals surface area contributed by atoms with Gasteiger partial charge in [-0.05, 0) is 45.1 Å². The lowest BCUT2D eigenvalue weighted by atomic mass is 9.94. The van der Waals surface area contributed by atoms with Crippen molar-refractivity contribution in [2.75, 3.05) is 13.1 Å². The average molecular weight is 224 g/mol. The molecule has 0 bridgehead atoms. The van der Waals surface area contributed by atoms with E-state index in [4.69, 9.17) is 0 Å². The molecule has 3 heteroatoms. The Bertz CT molecular complexity index is 236. The van der Waals surface area contributed by atoms with Gasteiger partial charge in [-0.15, -0.1) is 0 Å². The van der Waals surface area contributed by atoms with Gasteiger partial charge in [0.25, 0.3) is 0 Å². The fraction of sp³-hybridized carbons (Fsp3) is 0.923. The van der Waals surface area contributed by atoms with Gasteiger partial charge in [0, 0.05) is 25.0 Å². The summed E-state index contributed by atoms with van der Waals surface area (Å²) >= 11 is 0. The number of piperidine rings is 1. The lowest BCUT2D eigenvalue weighted by molar-refractivity contribution is -0.135. The van der Waals surface area contributed by atoms with Crippen LogP contribution in [0.4, 0.5) is 0 Å². The first kappa shape index (κ1) is 11.9. The largest absolute Gasteiger partial charge is 0.338 e. The van der Waals surface area contributed by atoms with Crippen LogP contribution in [0.15, 0.2) is 0 Å². The maximum absolute atomic E-state index is 12.1. The van der Waals surface area contributed by atoms with Gasteiger partial charge in [-0.25, -0.2) is 0 Å². The molecule has 2 aliphatic rings. The van der Waals surface area contributed by atoms with Gasteiger partial charge in [-0.3, -0.25) is 4.79 Å². The average Bonchev–Trinajstić information content (AvgIpc) is 2.83. The normalized spacial score (nSPS) is 30.7. The van der Waals surface area contributed by atoms with Crippen LogP contribution in [0.5, 0.6) is 0 Å². The maximum Gasteiger partial charge on any atom is 0.222 e. The summed E-state index contributed by atoms with van der Waals surface area (Å²) in [5.41, 5.74) is 0. The molecule has 2 aliphatic heterocycles. The number of nitrogens with one attached hydrogen (secondary N) is 1. The highest BCUT2D eigenvalue weighted by molar-refractivity contribution is 5.76. The molecule has 2 saturated heterocycles. The summed E-state index contributed by atoms with van der Waals surface area (Å²) in [6.45, 7) is 4.21. The summed E-state index contributed by atoms with van der Waals surface area (Å²) in [5, 5.41) is 3.56. The van der Waals surface area contributed by atoms with E-state index < -0.39 is 0 Å². The highest BCUT2D eigenvalue weighted by Crippen LogP contribution is 2.24. The van der Waals surface area contributed by atoms with E-state index in [0.29, 0.717) is 18.0 Å². The van der Waals surface area contributed by atoms with E-state index in [1.54, 1.807) is 0 Å². The maximum atomic E-state index is 12.1. The van der Waals surface area contributed by atoms with Crippen LogP contribution in [-0.2, 0) is 4.79 Å². The summed E-state index contributed by atoms with van der Waals surface area (Å²) in [6, 6.07) is 1.05. The zero-order valence-electron chi connectivity index (χ0n) is 10.4. The molecule has 0 aromatic carbocycles. The number of nitrogens with zero attached hydrogens (tertiary/aromatic N) is 1. The molecule has 2 heterocycles. The molecule has 1 N–H and O–H groups in total. The van der Waals surface area contributed by atoms with Gasteiger partial charge < -0.3 is 10.2 Å². The van der Waals surface area contributed by atoms with Crippen LogP contribution < -0.4 is 5.32 Å². The van der Waals surface area contributed by atoms with Crippen molar-refractivity contribution < 1.29 is 4.79 Å². The van der Waals surface area contributed by atoms with Crippen molar-refractivity contribution in [1.29, 1.82) is 0 Å². The number of hydrogen-bond acceptors (Lipinski definition) is 2. The molecule has 0 aliphatic carbocycles. The quantitative estimate of drug-likeness (QED) is 0.794. The van der Waals surface area contributed by atoms with Crippen molar-refractivity contribution >= 4 is 5.91 Å². The standard InChI is InChI=1S/C13H24N2O/c1-2-6-13(16)15-10-4-3-8-12(15)11-7-5-9-14-11/h11-12,14H,2-10H2,1H3. The molecule has 2 unspecified atom stereocenters. The molecule has 0 spiro atoms. The predicted molar refractivity (Wildman–Crippen MR) is 65.3 cm³/mol. The number of carbonyl (C=O) groups is 1. The van der Waals surface area contributed by atoms with Crippen LogP contribution >= 0.6 is 0 Å². The highest BCUT2D eigenvalue weighted by atomic mass is 16.2. The fourth-order valence-corrected chi connectivity index (χ4v) is 3.08. The lowest BCUT2D eigenvalue weighted by Gasteiger charge is -2.39. The Labute approximate surface area is 98.6 Å². The van der Waals surface area contributed by atoms with E-state index in [-0.39, 0.29) is 0 Å². The molecule has 16 heavy (non-hydrogen) atoms. The number of rotatable bonds is 3. The van der Waals surface area contributed by atoms with E-state index in [1.807, 2.05) is 0 Å². The summed E-state index contributed by atoms with van der Waals surface area (Å²) in [4.78, 5) is 14.2. The molecule has 1 amide bonds. The molecule has 2 rings (SSSR count). The fourth-order valence-electron chi connectivity index (χ4n) is 3.08. The predicted octanol–water partition coefficient (Wildman–Crippen LogP) is 1.92. The molecular formula is C13H24N2O. The smallest absolute Gasteiger partial charge is 0.222 e. The molecule has 0 aromatic rings. The van der Waals surface area contributed by atoms with Crippen molar-refractivity contribution in [3.05, 3.63) is 0 Å². The second-order valence-electron chi connectivity index (χ2n) is 5.10. The van der Waals surface area contributed by atoms with Crippen molar-refractivity contribution in [1.82, 2.24) is 10.2 Å². The minimum Gasteiger partial charge on any atom is -0.338 e. The van der Waals surface area contributed by atoms with Gasteiger partial charge in [0.05, 0.1) is 0 Å². The zero-order valence-corrected chi connectivity index (χ0v) is 10.4. The first-order chi connectivity index (χ1) is 7.83. The molecule has 0 saturated carbocycles. The minimum atomic E-state index is 0.376. The number of carbonyl (C=O) groups excluding carboxylic acids is 1. The number of likely N-dealkylation sites (tertiary alicyclic amines) is 1. The molecule has 0 aromatic heterocycles. The van der Waals surface area contributed by atoms with Crippen LogP contribution in [0.3, 0.4) is 0 Å². The molecule has 0 radical (unpaired) electrons. The number of hydrogen-bond donors (Lipinski definition) is 1. The van der Waals surface area contributed by atoms with Crippen LogP contribution in [0, 0.1) is 0 Å². The van der Waals surface area contributed by atoms with Crippen molar-refractivity contribution in [2.45, 2.75) is 64.0 Å². The Hall–Kier alpha value is -0.570. The molecule has 2 fully saturated rings. The third-order valence-corrected chi connectivity index (χ3v) is 3.90. The Morgan fingerprint density at radius 2 is 2.19 bits per heavy atom. The van der Waals surface area contributed by atoms with E-state index >= 15 is 0 Å². The van der Waals surface area contributed by atoms with Crippen LogP contribution in [0.2, 0.25) is 0 Å². The first-order valence-electron chi connectivity index (χ1n) is 6.85. The summed E-state index contributed by atoms with van der Waals surface area (Å²) < 4.78 is 0.